The van der Waals surface area contributed by atoms with Gasteiger partial charge in [-0.25, -0.2) is 0 Å². The van der Waals surface area contributed by atoms with E-state index in [2.05, 4.69) is 5.32 Å². The van der Waals surface area contributed by atoms with Gasteiger partial charge in [-0.15, -0.1) is 0 Å². The van der Waals surface area contributed by atoms with Crippen molar-refractivity contribution >= 4 is 17.5 Å². The van der Waals surface area contributed by atoms with Crippen LogP contribution in [0, 0.1) is 0 Å². The third-order valence-electron chi connectivity index (χ3n) is 2.47. The Labute approximate surface area is 119 Å². The zero-order valence-corrected chi connectivity index (χ0v) is 12.1. The molecule has 4 nitrogen and oxygen atoms in total. The predicted molar refractivity (Wildman–Crippen MR) is 75.7 cm³/mol. The highest BCUT2D eigenvalue weighted by Crippen LogP contribution is 2.23. The lowest BCUT2D eigenvalue weighted by Gasteiger charge is -2.12. The van der Waals surface area contributed by atoms with Crippen LogP contribution in [0.1, 0.15) is 19.8 Å². The van der Waals surface area contributed by atoms with Crippen molar-refractivity contribution in [1.29, 1.82) is 0 Å². The van der Waals surface area contributed by atoms with E-state index >= 15 is 0 Å². The molecule has 0 saturated heterocycles. The number of hydrogen-bond donors (Lipinski definition) is 1. The maximum absolute atomic E-state index is 11.6. The normalized spacial score (nSPS) is 11.9. The van der Waals surface area contributed by atoms with E-state index in [-0.39, 0.29) is 11.9 Å². The number of halogens is 1. The van der Waals surface area contributed by atoms with Crippen LogP contribution in [0.25, 0.3) is 0 Å². The quantitative estimate of drug-likeness (QED) is 0.747. The van der Waals surface area contributed by atoms with Crippen LogP contribution in [0.3, 0.4) is 0 Å². The number of carbonyl (C=O) groups excluding carboxylic acids is 1. The molecule has 106 valence electrons. The molecule has 0 saturated carbocycles. The third-order valence-corrected chi connectivity index (χ3v) is 2.78. The average molecular weight is 286 g/mol. The van der Waals surface area contributed by atoms with E-state index in [1.165, 1.54) is 0 Å². The van der Waals surface area contributed by atoms with Gasteiger partial charge in [0.15, 0.2) is 0 Å². The van der Waals surface area contributed by atoms with Crippen LogP contribution >= 0.6 is 11.6 Å². The van der Waals surface area contributed by atoms with Gasteiger partial charge in [0.1, 0.15) is 5.75 Å². The SMILES string of the molecule is COC[C@@H](C)NC(=O)CCCOc1ccccc1Cl. The first kappa shape index (κ1) is 15.8. The van der Waals surface area contributed by atoms with Gasteiger partial charge in [0.2, 0.25) is 5.91 Å². The van der Waals surface area contributed by atoms with E-state index in [4.69, 9.17) is 21.1 Å². The molecule has 1 rings (SSSR count). The molecule has 1 aromatic carbocycles. The van der Waals surface area contributed by atoms with Crippen molar-refractivity contribution in [1.82, 2.24) is 5.32 Å². The van der Waals surface area contributed by atoms with E-state index < -0.39 is 0 Å². The third kappa shape index (κ3) is 6.45. The van der Waals surface area contributed by atoms with Gasteiger partial charge in [-0.2, -0.15) is 0 Å². The highest BCUT2D eigenvalue weighted by atomic mass is 35.5. The fraction of sp³-hybridized carbons (Fsp3) is 0.500. The van der Waals surface area contributed by atoms with Gasteiger partial charge >= 0.3 is 0 Å². The van der Waals surface area contributed by atoms with Crippen molar-refractivity contribution in [2.24, 2.45) is 0 Å². The minimum absolute atomic E-state index is 0.00677. The van der Waals surface area contributed by atoms with Gasteiger partial charge in [-0.05, 0) is 25.5 Å². The van der Waals surface area contributed by atoms with E-state index in [0.717, 1.165) is 0 Å². The maximum atomic E-state index is 11.6. The van der Waals surface area contributed by atoms with Crippen LogP contribution in [0.15, 0.2) is 24.3 Å². The van der Waals surface area contributed by atoms with E-state index in [9.17, 15) is 4.79 Å². The average Bonchev–Trinajstić information content (AvgIpc) is 2.36. The Hall–Kier alpha value is -1.26. The molecule has 0 heterocycles. The fourth-order valence-corrected chi connectivity index (χ4v) is 1.81. The van der Waals surface area contributed by atoms with Gasteiger partial charge in [-0.3, -0.25) is 4.79 Å². The Morgan fingerprint density at radius 1 is 1.42 bits per heavy atom. The van der Waals surface area contributed by atoms with Crippen LogP contribution < -0.4 is 10.1 Å². The number of hydrogen-bond acceptors (Lipinski definition) is 3. The van der Waals surface area contributed by atoms with Crippen LogP contribution in [0.2, 0.25) is 5.02 Å². The number of ether oxygens (including phenoxy) is 2. The molecule has 0 aromatic heterocycles. The van der Waals surface area contributed by atoms with E-state index in [1.807, 2.05) is 25.1 Å². The van der Waals surface area contributed by atoms with E-state index in [1.54, 1.807) is 13.2 Å². The molecule has 1 amide bonds. The van der Waals surface area contributed by atoms with Crippen LogP contribution in [-0.4, -0.2) is 32.3 Å². The maximum Gasteiger partial charge on any atom is 0.220 e. The standard InChI is InChI=1S/C14H20ClNO3/c1-11(10-18-2)16-14(17)8-5-9-19-13-7-4-3-6-12(13)15/h3-4,6-7,11H,5,8-10H2,1-2H3,(H,16,17)/t11-/m1/s1. The summed E-state index contributed by atoms with van der Waals surface area (Å²) in [5.74, 6) is 0.657. The van der Waals surface area contributed by atoms with Crippen molar-refractivity contribution < 1.29 is 14.3 Å². The van der Waals surface area contributed by atoms with Crippen molar-refractivity contribution in [3.63, 3.8) is 0 Å². The minimum Gasteiger partial charge on any atom is -0.492 e. The Morgan fingerprint density at radius 2 is 2.16 bits per heavy atom. The lowest BCUT2D eigenvalue weighted by Crippen LogP contribution is -2.35. The number of carbonyl (C=O) groups is 1. The van der Waals surface area contributed by atoms with Gasteiger partial charge in [0.05, 0.1) is 18.2 Å². The van der Waals surface area contributed by atoms with Crippen molar-refractivity contribution in [3.05, 3.63) is 29.3 Å². The van der Waals surface area contributed by atoms with Crippen LogP contribution in [0.5, 0.6) is 5.75 Å². The molecule has 0 radical (unpaired) electrons. The molecule has 0 bridgehead atoms. The van der Waals surface area contributed by atoms with Gasteiger partial charge in [-0.1, -0.05) is 23.7 Å². The summed E-state index contributed by atoms with van der Waals surface area (Å²) in [5, 5.41) is 3.43. The highest BCUT2D eigenvalue weighted by molar-refractivity contribution is 6.32. The van der Waals surface area contributed by atoms with Gasteiger partial charge in [0.25, 0.3) is 0 Å². The molecule has 5 heteroatoms. The summed E-state index contributed by atoms with van der Waals surface area (Å²) in [5.41, 5.74) is 0. The number of rotatable bonds is 8. The zero-order chi connectivity index (χ0) is 14.1. The first-order valence-corrected chi connectivity index (χ1v) is 6.67. The Bertz CT molecular complexity index is 398. The predicted octanol–water partition coefficient (Wildman–Crippen LogP) is 2.65. The molecule has 1 aromatic rings. The van der Waals surface area contributed by atoms with Gasteiger partial charge < -0.3 is 14.8 Å². The molecule has 19 heavy (non-hydrogen) atoms. The molecule has 0 unspecified atom stereocenters. The second kappa shape index (κ2) is 8.77. The number of nitrogens with one attached hydrogen (secondary N) is 1. The monoisotopic (exact) mass is 285 g/mol. The summed E-state index contributed by atoms with van der Waals surface area (Å²) in [6, 6.07) is 7.32. The lowest BCUT2D eigenvalue weighted by atomic mass is 10.2. The minimum atomic E-state index is 0.00677. The highest BCUT2D eigenvalue weighted by Gasteiger charge is 2.07. The molecule has 1 N–H and O–H groups in total. The first-order chi connectivity index (χ1) is 9.13. The zero-order valence-electron chi connectivity index (χ0n) is 11.3. The molecular weight excluding hydrogens is 266 g/mol. The van der Waals surface area contributed by atoms with E-state index in [0.29, 0.717) is 36.8 Å². The Balaban J connectivity index is 2.17. The van der Waals surface area contributed by atoms with Gasteiger partial charge in [0, 0.05) is 19.6 Å². The van der Waals surface area contributed by atoms with Crippen molar-refractivity contribution in [2.75, 3.05) is 20.3 Å². The molecular formula is C14H20ClNO3. The largest absolute Gasteiger partial charge is 0.492 e. The summed E-state index contributed by atoms with van der Waals surface area (Å²) < 4.78 is 10.5. The topological polar surface area (TPSA) is 47.6 Å². The molecule has 0 aliphatic carbocycles. The Kier molecular flexibility index (Phi) is 7.30. The summed E-state index contributed by atoms with van der Waals surface area (Å²) in [6.45, 7) is 2.89. The summed E-state index contributed by atoms with van der Waals surface area (Å²) in [6.07, 6.45) is 1.08. The Morgan fingerprint density at radius 3 is 2.84 bits per heavy atom. The molecule has 0 spiro atoms. The molecule has 0 aliphatic heterocycles. The summed E-state index contributed by atoms with van der Waals surface area (Å²) >= 11 is 5.95. The van der Waals surface area contributed by atoms with Crippen LogP contribution in [-0.2, 0) is 9.53 Å². The van der Waals surface area contributed by atoms with Crippen LogP contribution in [0.4, 0.5) is 0 Å². The van der Waals surface area contributed by atoms with Crippen molar-refractivity contribution in [2.45, 2.75) is 25.8 Å². The van der Waals surface area contributed by atoms with Crippen molar-refractivity contribution in [3.8, 4) is 5.75 Å². The molecule has 1 atom stereocenters. The first-order valence-electron chi connectivity index (χ1n) is 6.29. The fourth-order valence-electron chi connectivity index (χ4n) is 1.62. The second-order valence-electron chi connectivity index (χ2n) is 4.31. The summed E-state index contributed by atoms with van der Waals surface area (Å²) in [4.78, 5) is 11.6. The lowest BCUT2D eigenvalue weighted by molar-refractivity contribution is -0.122. The second-order valence-corrected chi connectivity index (χ2v) is 4.71. The number of methoxy groups -OCH3 is 1. The smallest absolute Gasteiger partial charge is 0.220 e. The number of amides is 1. The summed E-state index contributed by atoms with van der Waals surface area (Å²) in [7, 11) is 1.61. The molecule has 0 aliphatic rings. The number of para-hydroxylation sites is 1. The molecule has 0 fully saturated rings. The number of benzene rings is 1.